The number of halogens is 3. The van der Waals surface area contributed by atoms with Gasteiger partial charge in [-0.3, -0.25) is 9.48 Å². The number of carbonyl (C=O) groups is 1. The minimum absolute atomic E-state index is 0.256. The van der Waals surface area contributed by atoms with Gasteiger partial charge in [-0.15, -0.1) is 0 Å². The first-order chi connectivity index (χ1) is 15.4. The monoisotopic (exact) mass is 461 g/mol. The predicted molar refractivity (Wildman–Crippen MR) is 118 cm³/mol. The minimum atomic E-state index is -4.66. The summed E-state index contributed by atoms with van der Waals surface area (Å²) in [7, 11) is 2.08. The second-order valence-electron chi connectivity index (χ2n) is 9.02. The maximum Gasteiger partial charge on any atom is 0.433 e. The summed E-state index contributed by atoms with van der Waals surface area (Å²) in [4.78, 5) is 18.5. The van der Waals surface area contributed by atoms with Gasteiger partial charge in [0.05, 0.1) is 17.2 Å². The number of rotatable bonds is 4. The smallest absolute Gasteiger partial charge is 0.386 e. The molecule has 1 aliphatic heterocycles. The number of likely N-dealkylation sites (tertiary alicyclic amines) is 1. The Morgan fingerprint density at radius 2 is 1.88 bits per heavy atom. The molecule has 10 heteroatoms. The highest BCUT2D eigenvalue weighted by atomic mass is 19.4. The van der Waals surface area contributed by atoms with Crippen LogP contribution in [-0.2, 0) is 11.8 Å². The average Bonchev–Trinajstić information content (AvgIpc) is 3.15. The highest BCUT2D eigenvalue weighted by molar-refractivity contribution is 6.04. The van der Waals surface area contributed by atoms with E-state index in [-0.39, 0.29) is 11.7 Å². The van der Waals surface area contributed by atoms with Gasteiger partial charge < -0.3 is 15.3 Å². The van der Waals surface area contributed by atoms with Crippen molar-refractivity contribution >= 4 is 22.5 Å². The van der Waals surface area contributed by atoms with Gasteiger partial charge in [0.1, 0.15) is 11.4 Å². The molecule has 33 heavy (non-hydrogen) atoms. The maximum absolute atomic E-state index is 13.0. The number of anilines is 1. The molecule has 1 amide bonds. The van der Waals surface area contributed by atoms with Crippen LogP contribution < -0.4 is 5.32 Å². The quantitative estimate of drug-likeness (QED) is 0.609. The number of aliphatic hydroxyl groups is 1. The highest BCUT2D eigenvalue weighted by Crippen LogP contribution is 2.34. The largest absolute Gasteiger partial charge is 0.433 e. The van der Waals surface area contributed by atoms with Crippen molar-refractivity contribution < 1.29 is 23.1 Å². The zero-order chi connectivity index (χ0) is 24.0. The molecule has 0 spiro atoms. The van der Waals surface area contributed by atoms with Crippen LogP contribution in [0.15, 0.2) is 36.5 Å². The lowest BCUT2D eigenvalue weighted by molar-refractivity contribution is -0.141. The summed E-state index contributed by atoms with van der Waals surface area (Å²) in [6.45, 7) is 5.09. The van der Waals surface area contributed by atoms with E-state index in [2.05, 4.69) is 27.3 Å². The van der Waals surface area contributed by atoms with Crippen LogP contribution in [0.25, 0.3) is 10.9 Å². The number of aromatic nitrogens is 3. The van der Waals surface area contributed by atoms with E-state index >= 15 is 0 Å². The van der Waals surface area contributed by atoms with Crippen LogP contribution in [0.5, 0.6) is 0 Å². The fourth-order valence-electron chi connectivity index (χ4n) is 4.05. The molecule has 2 aromatic heterocycles. The van der Waals surface area contributed by atoms with Crippen LogP contribution >= 0.6 is 0 Å². The molecule has 1 aromatic carbocycles. The fraction of sp³-hybridized carbons (Fsp3) is 0.435. The molecule has 4 rings (SSSR count). The highest BCUT2D eigenvalue weighted by Gasteiger charge is 2.33. The second kappa shape index (κ2) is 8.42. The lowest BCUT2D eigenvalue weighted by atomic mass is 9.95. The summed E-state index contributed by atoms with van der Waals surface area (Å²) in [6.07, 6.45) is -0.824. The molecule has 3 heterocycles. The van der Waals surface area contributed by atoms with Crippen molar-refractivity contribution in [3.05, 3.63) is 53.5 Å². The van der Waals surface area contributed by atoms with Crippen LogP contribution in [0.1, 0.15) is 54.5 Å². The summed E-state index contributed by atoms with van der Waals surface area (Å²) >= 11 is 0. The Labute approximate surface area is 189 Å². The van der Waals surface area contributed by atoms with Gasteiger partial charge >= 0.3 is 6.18 Å². The molecule has 3 aromatic rings. The average molecular weight is 461 g/mol. The number of alkyl halides is 3. The lowest BCUT2D eigenvalue weighted by Crippen LogP contribution is -2.31. The van der Waals surface area contributed by atoms with E-state index in [1.54, 1.807) is 26.0 Å². The first-order valence-electron chi connectivity index (χ1n) is 10.7. The molecule has 0 radical (unpaired) electrons. The number of carbonyl (C=O) groups excluding carboxylic acids is 1. The standard InChI is InChI=1S/C23H26F3N5O2/c1-22(2,33)16-12-18-14(13-31(29-18)15-7-9-30(3)10-8-15)11-19(16)28-21(32)17-5-4-6-20(27-17)23(24,25)26/h4-6,11-13,15,33H,7-10H2,1-3H3,(H,28,32). The van der Waals surface area contributed by atoms with Crippen molar-refractivity contribution in [3.8, 4) is 0 Å². The van der Waals surface area contributed by atoms with Gasteiger partial charge in [-0.05, 0) is 71.1 Å². The SMILES string of the molecule is CN1CCC(n2cc3cc(NC(=O)c4cccc(C(F)(F)F)n4)c(C(C)(C)O)cc3n2)CC1. The maximum atomic E-state index is 13.0. The Morgan fingerprint density at radius 1 is 1.18 bits per heavy atom. The number of amides is 1. The predicted octanol–water partition coefficient (Wildman–Crippen LogP) is 4.20. The van der Waals surface area contributed by atoms with Gasteiger partial charge in [-0.2, -0.15) is 18.3 Å². The number of nitrogens with one attached hydrogen (secondary N) is 1. The van der Waals surface area contributed by atoms with Crippen molar-refractivity contribution in [2.75, 3.05) is 25.5 Å². The zero-order valence-electron chi connectivity index (χ0n) is 18.6. The minimum Gasteiger partial charge on any atom is -0.386 e. The van der Waals surface area contributed by atoms with Crippen molar-refractivity contribution in [1.29, 1.82) is 0 Å². The third kappa shape index (κ3) is 5.01. The molecule has 0 saturated carbocycles. The number of pyridine rings is 1. The number of benzene rings is 1. The Hall–Kier alpha value is -2.98. The third-order valence-electron chi connectivity index (χ3n) is 5.90. The Balaban J connectivity index is 1.68. The molecule has 1 saturated heterocycles. The fourth-order valence-corrected chi connectivity index (χ4v) is 4.05. The first kappa shape index (κ1) is 23.2. The van der Waals surface area contributed by atoms with E-state index in [9.17, 15) is 23.1 Å². The molecule has 0 unspecified atom stereocenters. The van der Waals surface area contributed by atoms with E-state index < -0.39 is 23.4 Å². The van der Waals surface area contributed by atoms with Crippen molar-refractivity contribution in [2.45, 2.75) is 44.5 Å². The molecule has 0 aliphatic carbocycles. The number of hydrogen-bond donors (Lipinski definition) is 2. The van der Waals surface area contributed by atoms with Crippen molar-refractivity contribution in [3.63, 3.8) is 0 Å². The molecule has 0 bridgehead atoms. The van der Waals surface area contributed by atoms with Crippen molar-refractivity contribution in [1.82, 2.24) is 19.7 Å². The number of fused-ring (bicyclic) bond motifs is 1. The summed E-state index contributed by atoms with van der Waals surface area (Å²) in [5.74, 6) is -0.798. The topological polar surface area (TPSA) is 83.3 Å². The number of nitrogens with zero attached hydrogens (tertiary/aromatic N) is 4. The summed E-state index contributed by atoms with van der Waals surface area (Å²) in [5.41, 5.74) is -1.47. The molecule has 176 valence electrons. The Kier molecular flexibility index (Phi) is 5.92. The number of hydrogen-bond acceptors (Lipinski definition) is 5. The molecular formula is C23H26F3N5O2. The van der Waals surface area contributed by atoms with Gasteiger partial charge in [0.15, 0.2) is 0 Å². The van der Waals surface area contributed by atoms with Crippen LogP contribution in [0.3, 0.4) is 0 Å². The number of piperidine rings is 1. The van der Waals surface area contributed by atoms with E-state index in [4.69, 9.17) is 0 Å². The van der Waals surface area contributed by atoms with Crippen LogP contribution in [0.2, 0.25) is 0 Å². The van der Waals surface area contributed by atoms with Crippen LogP contribution in [-0.4, -0.2) is 50.8 Å². The van der Waals surface area contributed by atoms with Gasteiger partial charge in [0.2, 0.25) is 0 Å². The van der Waals surface area contributed by atoms with Crippen LogP contribution in [0.4, 0.5) is 18.9 Å². The van der Waals surface area contributed by atoms with E-state index in [0.717, 1.165) is 43.5 Å². The normalized spacial score (nSPS) is 16.3. The van der Waals surface area contributed by atoms with E-state index in [1.807, 2.05) is 10.9 Å². The van der Waals surface area contributed by atoms with Crippen LogP contribution in [0, 0.1) is 0 Å². The molecule has 2 N–H and O–H groups in total. The van der Waals surface area contributed by atoms with E-state index in [1.165, 1.54) is 6.07 Å². The molecule has 0 atom stereocenters. The van der Waals surface area contributed by atoms with Gasteiger partial charge in [0.25, 0.3) is 5.91 Å². The summed E-state index contributed by atoms with van der Waals surface area (Å²) in [6, 6.07) is 6.80. The molecule has 1 aliphatic rings. The van der Waals surface area contributed by atoms with Gasteiger partial charge in [0, 0.05) is 22.8 Å². The van der Waals surface area contributed by atoms with Gasteiger partial charge in [-0.1, -0.05) is 6.07 Å². The van der Waals surface area contributed by atoms with Crippen molar-refractivity contribution in [2.24, 2.45) is 0 Å². The third-order valence-corrected chi connectivity index (χ3v) is 5.90. The van der Waals surface area contributed by atoms with Gasteiger partial charge in [-0.25, -0.2) is 4.98 Å². The lowest BCUT2D eigenvalue weighted by Gasteiger charge is -2.28. The molecular weight excluding hydrogens is 435 g/mol. The Bertz CT molecular complexity index is 1180. The molecule has 1 fully saturated rings. The zero-order valence-corrected chi connectivity index (χ0v) is 18.6. The Morgan fingerprint density at radius 3 is 2.52 bits per heavy atom. The summed E-state index contributed by atoms with van der Waals surface area (Å²) in [5, 5.41) is 18.8. The molecule has 7 nitrogen and oxygen atoms in total. The first-order valence-corrected chi connectivity index (χ1v) is 10.7. The summed E-state index contributed by atoms with van der Waals surface area (Å²) < 4.78 is 40.9. The van der Waals surface area contributed by atoms with E-state index in [0.29, 0.717) is 16.8 Å². The second-order valence-corrected chi connectivity index (χ2v) is 9.02.